The number of fused-ring (bicyclic) bond motifs is 2. The molecule has 3 aromatic carbocycles. The molecular formula is C49H64IrNO2S-. The number of benzene rings is 3. The van der Waals surface area contributed by atoms with Crippen LogP contribution in [0.25, 0.3) is 42.6 Å². The zero-order chi connectivity index (χ0) is 39.1. The molecule has 0 atom stereocenters. The van der Waals surface area contributed by atoms with Crippen molar-refractivity contribution >= 4 is 38.0 Å². The van der Waals surface area contributed by atoms with Crippen LogP contribution in [0.4, 0.5) is 0 Å². The summed E-state index contributed by atoms with van der Waals surface area (Å²) in [6.07, 6.45) is 6.89. The Kier molecular flexibility index (Phi) is 16.9. The molecule has 3 nitrogen and oxygen atoms in total. The minimum absolute atomic E-state index is 0. The first kappa shape index (κ1) is 45.3. The Balaban J connectivity index is 0.000000418. The molecule has 0 saturated carbocycles. The normalized spacial score (nSPS) is 12.1. The van der Waals surface area contributed by atoms with Crippen LogP contribution in [0.5, 0.6) is 0 Å². The van der Waals surface area contributed by atoms with Gasteiger partial charge >= 0.3 is 0 Å². The maximum Gasteiger partial charge on any atom is 0.162 e. The number of carbonyl (C=O) groups is 1. The summed E-state index contributed by atoms with van der Waals surface area (Å²) in [5.41, 5.74) is 10.7. The number of pyridine rings is 1. The molecule has 0 fully saturated rings. The maximum atomic E-state index is 11.7. The van der Waals surface area contributed by atoms with Gasteiger partial charge in [0.2, 0.25) is 0 Å². The third kappa shape index (κ3) is 10.00. The molecule has 2 heterocycles. The van der Waals surface area contributed by atoms with Gasteiger partial charge in [0.25, 0.3) is 0 Å². The third-order valence-electron chi connectivity index (χ3n) is 11.0. The molecule has 0 aliphatic heterocycles. The van der Waals surface area contributed by atoms with E-state index in [2.05, 4.69) is 117 Å². The molecule has 2 aromatic heterocycles. The van der Waals surface area contributed by atoms with Crippen molar-refractivity contribution in [3.8, 4) is 21.7 Å². The van der Waals surface area contributed by atoms with Crippen LogP contribution >= 0.6 is 11.3 Å². The van der Waals surface area contributed by atoms with Gasteiger partial charge in [0.05, 0.1) is 5.76 Å². The zero-order valence-corrected chi connectivity index (χ0v) is 38.3. The molecule has 1 radical (unpaired) electrons. The van der Waals surface area contributed by atoms with Crippen LogP contribution < -0.4 is 0 Å². The van der Waals surface area contributed by atoms with Crippen LogP contribution in [-0.4, -0.2) is 15.9 Å². The van der Waals surface area contributed by atoms with Crippen molar-refractivity contribution in [2.75, 3.05) is 0 Å². The second kappa shape index (κ2) is 20.2. The molecule has 5 aromatic rings. The average molecular weight is 923 g/mol. The monoisotopic (exact) mass is 923 g/mol. The largest absolute Gasteiger partial charge is 0.512 e. The van der Waals surface area contributed by atoms with E-state index in [1.54, 1.807) is 0 Å². The smallest absolute Gasteiger partial charge is 0.162 e. The number of allylic oxidation sites excluding steroid dienone is 2. The van der Waals surface area contributed by atoms with Crippen molar-refractivity contribution in [2.45, 2.75) is 139 Å². The predicted octanol–water partition coefficient (Wildman–Crippen LogP) is 15.3. The molecule has 0 aliphatic rings. The first-order valence-corrected chi connectivity index (χ1v) is 21.0. The van der Waals surface area contributed by atoms with Gasteiger partial charge in [0.15, 0.2) is 5.78 Å². The Bertz CT molecular complexity index is 2010. The molecule has 0 saturated heterocycles. The van der Waals surface area contributed by atoms with Gasteiger partial charge in [-0.2, -0.15) is 0 Å². The second-order valence-electron chi connectivity index (χ2n) is 16.0. The van der Waals surface area contributed by atoms with Crippen molar-refractivity contribution in [1.29, 1.82) is 0 Å². The summed E-state index contributed by atoms with van der Waals surface area (Å²) < 4.78 is 1.26. The number of aryl methyl sites for hydroxylation is 1. The topological polar surface area (TPSA) is 50.2 Å². The Morgan fingerprint density at radius 2 is 1.31 bits per heavy atom. The summed E-state index contributed by atoms with van der Waals surface area (Å²) in [7, 11) is 0. The Hall–Kier alpha value is -3.11. The number of aliphatic hydroxyl groups excluding tert-OH is 1. The van der Waals surface area contributed by atoms with Crippen molar-refractivity contribution in [3.05, 3.63) is 100 Å². The minimum atomic E-state index is 0. The van der Waals surface area contributed by atoms with E-state index in [0.717, 1.165) is 42.3 Å². The Labute approximate surface area is 344 Å². The van der Waals surface area contributed by atoms with Gasteiger partial charge in [-0.25, -0.2) is 0 Å². The first-order valence-electron chi connectivity index (χ1n) is 20.1. The zero-order valence-electron chi connectivity index (χ0n) is 35.1. The van der Waals surface area contributed by atoms with Crippen LogP contribution in [0, 0.1) is 24.8 Å². The number of carbonyl (C=O) groups excluding carboxylic acids is 1. The van der Waals surface area contributed by atoms with E-state index in [4.69, 9.17) is 4.98 Å². The molecule has 0 spiro atoms. The molecule has 0 unspecified atom stereocenters. The number of hydrogen-bond donors (Lipinski definition) is 1. The van der Waals surface area contributed by atoms with Gasteiger partial charge in [-0.3, -0.25) is 9.78 Å². The van der Waals surface area contributed by atoms with Crippen molar-refractivity contribution in [1.82, 2.24) is 4.98 Å². The standard InChI is InChI=1S/C36H40NS.C13H24O2.Ir/c1-20(2)26-17-31(22(5)6)33(32(18-26)23(7)8)35-24(9)28-14-15-37-34(36(28)38-35)27-16-25-12-10-11-13-29(25)30(19-27)21(3)4;1-5-10(6-2)12(14)9-13(15)11(7-3)8-4;/h10-15,17-23H,1-9H3;9-11,14H,5-8H2,1-4H3;/q-1;;/b;12-9-;. The van der Waals surface area contributed by atoms with E-state index >= 15 is 0 Å². The maximum absolute atomic E-state index is 11.7. The van der Waals surface area contributed by atoms with Gasteiger partial charge in [-0.05, 0) is 95.5 Å². The number of ketones is 1. The number of thiophene rings is 1. The summed E-state index contributed by atoms with van der Waals surface area (Å²) in [6.45, 7) is 28.9. The number of nitrogens with zero attached hydrogens (tertiary/aromatic N) is 1. The van der Waals surface area contributed by atoms with E-state index in [9.17, 15) is 9.90 Å². The van der Waals surface area contributed by atoms with Crippen LogP contribution in [-0.2, 0) is 24.9 Å². The average Bonchev–Trinajstić information content (AvgIpc) is 3.47. The summed E-state index contributed by atoms with van der Waals surface area (Å²) in [5.74, 6) is 2.38. The molecule has 0 aliphatic carbocycles. The van der Waals surface area contributed by atoms with Gasteiger partial charge in [-0.15, -0.1) is 40.5 Å². The summed E-state index contributed by atoms with van der Waals surface area (Å²) in [5, 5.41) is 13.5. The Morgan fingerprint density at radius 1 is 0.759 bits per heavy atom. The van der Waals surface area contributed by atoms with Crippen molar-refractivity contribution < 1.29 is 30.0 Å². The molecule has 54 heavy (non-hydrogen) atoms. The molecule has 293 valence electrons. The van der Waals surface area contributed by atoms with Crippen LogP contribution in [0.2, 0.25) is 0 Å². The van der Waals surface area contributed by atoms with Gasteiger partial charge in [0, 0.05) is 59.5 Å². The predicted molar refractivity (Wildman–Crippen MR) is 232 cm³/mol. The van der Waals surface area contributed by atoms with Crippen molar-refractivity contribution in [2.24, 2.45) is 11.8 Å². The molecule has 5 rings (SSSR count). The SMILES string of the molecule is CCC(CC)C(=O)/C=C(\O)C(CC)CC.Cc1c(-c2c(C(C)C)cc(C(C)C)cc2C(C)C)sc2c(-c3[c-]c4ccccc4c(C(C)C)c3)nccc12.[Ir]. The van der Waals surface area contributed by atoms with Crippen LogP contribution in [0.15, 0.2) is 66.6 Å². The summed E-state index contributed by atoms with van der Waals surface area (Å²) >= 11 is 1.91. The molecule has 0 bridgehead atoms. The fraction of sp³-hybridized carbons (Fsp3) is 0.469. The quantitative estimate of drug-likeness (QED) is 0.0727. The minimum Gasteiger partial charge on any atom is -0.512 e. The molecule has 0 amide bonds. The number of hydrogen-bond acceptors (Lipinski definition) is 4. The fourth-order valence-corrected chi connectivity index (χ4v) is 8.83. The second-order valence-corrected chi connectivity index (χ2v) is 17.0. The summed E-state index contributed by atoms with van der Waals surface area (Å²) in [6, 6.07) is 21.8. The van der Waals surface area contributed by atoms with E-state index in [1.165, 1.54) is 59.8 Å². The van der Waals surface area contributed by atoms with Crippen molar-refractivity contribution in [3.63, 3.8) is 0 Å². The number of rotatable bonds is 13. The van der Waals surface area contributed by atoms with Crippen LogP contribution in [0.3, 0.4) is 0 Å². The molecule has 5 heteroatoms. The van der Waals surface area contributed by atoms with E-state index < -0.39 is 0 Å². The number of aromatic nitrogens is 1. The van der Waals surface area contributed by atoms with E-state index in [0.29, 0.717) is 23.7 Å². The van der Waals surface area contributed by atoms with Gasteiger partial charge in [-0.1, -0.05) is 124 Å². The van der Waals surface area contributed by atoms with Gasteiger partial charge < -0.3 is 5.11 Å². The first-order chi connectivity index (χ1) is 25.2. The number of aliphatic hydroxyl groups is 1. The summed E-state index contributed by atoms with van der Waals surface area (Å²) in [4.78, 5) is 18.1. The fourth-order valence-electron chi connectivity index (χ4n) is 7.44. The Morgan fingerprint density at radius 3 is 1.83 bits per heavy atom. The third-order valence-corrected chi connectivity index (χ3v) is 12.3. The van der Waals surface area contributed by atoms with Gasteiger partial charge in [0.1, 0.15) is 0 Å². The molecule has 1 N–H and O–H groups in total. The molecular weight excluding hydrogens is 859 g/mol. The van der Waals surface area contributed by atoms with Crippen LogP contribution in [0.1, 0.15) is 160 Å². The van der Waals surface area contributed by atoms with E-state index in [-0.39, 0.29) is 43.5 Å². The van der Waals surface area contributed by atoms with E-state index in [1.807, 2.05) is 45.2 Å².